The summed E-state index contributed by atoms with van der Waals surface area (Å²) in [7, 11) is 1.28. The molecule has 0 spiro atoms. The number of ketones is 1. The van der Waals surface area contributed by atoms with Gasteiger partial charge in [0.25, 0.3) is 5.91 Å². The Morgan fingerprint density at radius 1 is 1.28 bits per heavy atom. The number of methoxy groups -OCH3 is 1. The number of Topliss-reactive ketones (excluding diaryl/α,β-unsaturated/α-hetero) is 1. The molecular weight excluding hydrogens is 381 g/mol. The molecule has 1 aromatic rings. The summed E-state index contributed by atoms with van der Waals surface area (Å²) in [5, 5.41) is 9.45. The molecule has 0 saturated heterocycles. The van der Waals surface area contributed by atoms with Crippen LogP contribution in [0.3, 0.4) is 0 Å². The van der Waals surface area contributed by atoms with Gasteiger partial charge in [0, 0.05) is 6.54 Å². The number of halogens is 1. The number of ether oxygens (including phenoxy) is 2. The van der Waals surface area contributed by atoms with Crippen molar-refractivity contribution >= 4 is 17.7 Å². The monoisotopic (exact) mass is 403 g/mol. The highest BCUT2D eigenvalue weighted by molar-refractivity contribution is 6.11. The average Bonchev–Trinajstić information content (AvgIpc) is 3.01. The maximum atomic E-state index is 13.9. The molecule has 2 heterocycles. The van der Waals surface area contributed by atoms with Crippen molar-refractivity contribution in [3.63, 3.8) is 0 Å². The quantitative estimate of drug-likeness (QED) is 0.770. The molecule has 7 nitrogen and oxygen atoms in total. The summed E-state index contributed by atoms with van der Waals surface area (Å²) in [5.74, 6) is -1.83. The van der Waals surface area contributed by atoms with Crippen molar-refractivity contribution in [2.75, 3.05) is 20.3 Å². The lowest BCUT2D eigenvalue weighted by atomic mass is 9.77. The van der Waals surface area contributed by atoms with Crippen molar-refractivity contribution < 1.29 is 33.4 Å². The van der Waals surface area contributed by atoms with E-state index in [2.05, 4.69) is 0 Å². The second kappa shape index (κ2) is 7.59. The number of rotatable bonds is 4. The number of amides is 1. The minimum Gasteiger partial charge on any atom is -0.483 e. The Kier molecular flexibility index (Phi) is 5.12. The maximum Gasteiger partial charge on any atom is 0.337 e. The zero-order valence-corrected chi connectivity index (χ0v) is 16.0. The highest BCUT2D eigenvalue weighted by Gasteiger charge is 2.52. The Labute approximate surface area is 167 Å². The number of benzene rings is 1. The molecule has 4 rings (SSSR count). The molecule has 1 aliphatic carbocycles. The van der Waals surface area contributed by atoms with E-state index in [1.807, 2.05) is 0 Å². The Morgan fingerprint density at radius 2 is 2.00 bits per heavy atom. The van der Waals surface area contributed by atoms with Gasteiger partial charge in [0.15, 0.2) is 11.5 Å². The van der Waals surface area contributed by atoms with Crippen LogP contribution in [0.5, 0.6) is 0 Å². The van der Waals surface area contributed by atoms with Crippen molar-refractivity contribution in [1.82, 2.24) is 4.90 Å². The van der Waals surface area contributed by atoms with Gasteiger partial charge in [-0.2, -0.15) is 0 Å². The third-order valence-electron chi connectivity index (χ3n) is 5.87. The Balaban J connectivity index is 1.74. The van der Waals surface area contributed by atoms with Crippen LogP contribution in [-0.2, 0) is 19.1 Å². The molecule has 0 radical (unpaired) electrons. The van der Waals surface area contributed by atoms with Gasteiger partial charge in [0.05, 0.1) is 36.8 Å². The standard InChI is InChI=1S/C21H22FNO6/c1-28-21(27)12-4-2-11(3-5-12)17-16-18(25)14-10-13(22)6-7-15(14)29-19(16)20(26)23(17)8-9-24/h2-5,13-15,17,24H,6-10H2,1H3. The van der Waals surface area contributed by atoms with Gasteiger partial charge in [-0.1, -0.05) is 12.1 Å². The van der Waals surface area contributed by atoms with Gasteiger partial charge < -0.3 is 19.5 Å². The highest BCUT2D eigenvalue weighted by Crippen LogP contribution is 2.46. The number of nitrogens with zero attached hydrogens (tertiary/aromatic N) is 1. The van der Waals surface area contributed by atoms with E-state index in [0.29, 0.717) is 24.0 Å². The SMILES string of the molecule is COC(=O)c1ccc(C2C3=C(OC4CCC(F)CC4C3=O)C(=O)N2CCO)cc1. The van der Waals surface area contributed by atoms with Crippen molar-refractivity contribution in [3.8, 4) is 0 Å². The molecular formula is C21H22FNO6. The van der Waals surface area contributed by atoms with Crippen LogP contribution < -0.4 is 0 Å². The summed E-state index contributed by atoms with van der Waals surface area (Å²) in [5.41, 5.74) is 1.15. The van der Waals surface area contributed by atoms with Gasteiger partial charge in [-0.05, 0) is 37.0 Å². The number of carbonyl (C=O) groups excluding carboxylic acids is 3. The zero-order valence-electron chi connectivity index (χ0n) is 16.0. The van der Waals surface area contributed by atoms with Crippen molar-refractivity contribution in [1.29, 1.82) is 0 Å². The lowest BCUT2D eigenvalue weighted by Crippen LogP contribution is -2.42. The number of esters is 1. The number of aliphatic hydroxyl groups excluding tert-OH is 1. The number of aliphatic hydroxyl groups is 1. The number of fused-ring (bicyclic) bond motifs is 1. The smallest absolute Gasteiger partial charge is 0.337 e. The fourth-order valence-corrected chi connectivity index (χ4v) is 4.47. The van der Waals surface area contributed by atoms with Crippen LogP contribution in [0, 0.1) is 5.92 Å². The molecule has 1 N–H and O–H groups in total. The first-order valence-corrected chi connectivity index (χ1v) is 9.65. The van der Waals surface area contributed by atoms with E-state index in [0.717, 1.165) is 0 Å². The molecule has 8 heteroatoms. The minimum atomic E-state index is -1.06. The third-order valence-corrected chi connectivity index (χ3v) is 5.87. The molecule has 2 aliphatic heterocycles. The fraction of sp³-hybridized carbons (Fsp3) is 0.476. The number of carbonyl (C=O) groups is 3. The number of hydrogen-bond acceptors (Lipinski definition) is 6. The lowest BCUT2D eigenvalue weighted by Gasteiger charge is -2.36. The molecule has 0 bridgehead atoms. The average molecular weight is 403 g/mol. The molecule has 1 fully saturated rings. The van der Waals surface area contributed by atoms with Crippen LogP contribution in [0.2, 0.25) is 0 Å². The van der Waals surface area contributed by atoms with Gasteiger partial charge in [0.1, 0.15) is 12.3 Å². The highest BCUT2D eigenvalue weighted by atomic mass is 19.1. The second-order valence-corrected chi connectivity index (χ2v) is 7.52. The normalized spacial score (nSPS) is 28.7. The van der Waals surface area contributed by atoms with E-state index >= 15 is 0 Å². The molecule has 0 aromatic heterocycles. The topological polar surface area (TPSA) is 93.1 Å². The summed E-state index contributed by atoms with van der Waals surface area (Å²) in [4.78, 5) is 39.3. The second-order valence-electron chi connectivity index (χ2n) is 7.52. The lowest BCUT2D eigenvalue weighted by molar-refractivity contribution is -0.136. The van der Waals surface area contributed by atoms with Crippen molar-refractivity contribution in [2.45, 2.75) is 37.6 Å². The summed E-state index contributed by atoms with van der Waals surface area (Å²) >= 11 is 0. The molecule has 1 amide bonds. The van der Waals surface area contributed by atoms with E-state index in [-0.39, 0.29) is 36.7 Å². The van der Waals surface area contributed by atoms with Crippen LogP contribution in [0.25, 0.3) is 0 Å². The summed E-state index contributed by atoms with van der Waals surface area (Å²) in [6, 6.07) is 5.64. The first kappa shape index (κ1) is 19.6. The van der Waals surface area contributed by atoms with Crippen molar-refractivity contribution in [3.05, 3.63) is 46.7 Å². The van der Waals surface area contributed by atoms with Crippen LogP contribution in [0.15, 0.2) is 35.6 Å². The Bertz CT molecular complexity index is 880. The van der Waals surface area contributed by atoms with Crippen molar-refractivity contribution in [2.24, 2.45) is 5.92 Å². The third kappa shape index (κ3) is 3.21. The molecule has 3 aliphatic rings. The summed E-state index contributed by atoms with van der Waals surface area (Å²) in [6.45, 7) is -0.260. The van der Waals surface area contributed by atoms with Crippen LogP contribution in [-0.4, -0.2) is 60.2 Å². The van der Waals surface area contributed by atoms with Gasteiger partial charge in [-0.15, -0.1) is 0 Å². The summed E-state index contributed by atoms with van der Waals surface area (Å²) < 4.78 is 24.5. The number of alkyl halides is 1. The molecule has 29 heavy (non-hydrogen) atoms. The van der Waals surface area contributed by atoms with Gasteiger partial charge in [-0.3, -0.25) is 9.59 Å². The number of hydrogen-bond donors (Lipinski definition) is 1. The number of β-amino-alcohol motifs (C(OH)–C–C–N with tert-alkyl or cyclic N) is 1. The Hall–Kier alpha value is -2.74. The molecule has 4 atom stereocenters. The van der Waals surface area contributed by atoms with E-state index < -0.39 is 36.1 Å². The zero-order chi connectivity index (χ0) is 20.7. The van der Waals surface area contributed by atoms with E-state index in [1.54, 1.807) is 24.3 Å². The summed E-state index contributed by atoms with van der Waals surface area (Å²) in [6.07, 6.45) is -0.768. The molecule has 1 aromatic carbocycles. The molecule has 154 valence electrons. The van der Waals surface area contributed by atoms with E-state index in [1.165, 1.54) is 12.0 Å². The van der Waals surface area contributed by atoms with Crippen LogP contribution in [0.1, 0.15) is 41.2 Å². The first-order chi connectivity index (χ1) is 14.0. The largest absolute Gasteiger partial charge is 0.483 e. The first-order valence-electron chi connectivity index (χ1n) is 9.65. The van der Waals surface area contributed by atoms with Gasteiger partial charge in [-0.25, -0.2) is 9.18 Å². The van der Waals surface area contributed by atoms with Crippen LogP contribution in [0.4, 0.5) is 4.39 Å². The minimum absolute atomic E-state index is 0.00375. The predicted molar refractivity (Wildman–Crippen MR) is 98.5 cm³/mol. The van der Waals surface area contributed by atoms with E-state index in [9.17, 15) is 23.9 Å². The molecule has 1 saturated carbocycles. The Morgan fingerprint density at radius 3 is 2.66 bits per heavy atom. The fourth-order valence-electron chi connectivity index (χ4n) is 4.47. The van der Waals surface area contributed by atoms with E-state index in [4.69, 9.17) is 9.47 Å². The van der Waals surface area contributed by atoms with Gasteiger partial charge in [0.2, 0.25) is 0 Å². The molecule has 4 unspecified atom stereocenters. The van der Waals surface area contributed by atoms with Crippen LogP contribution >= 0.6 is 0 Å². The van der Waals surface area contributed by atoms with Gasteiger partial charge >= 0.3 is 5.97 Å². The maximum absolute atomic E-state index is 13.9. The predicted octanol–water partition coefficient (Wildman–Crippen LogP) is 1.71.